The molecule has 0 radical (unpaired) electrons. The van der Waals surface area contributed by atoms with Crippen molar-refractivity contribution < 1.29 is 9.90 Å². The Morgan fingerprint density at radius 2 is 2.31 bits per heavy atom. The highest BCUT2D eigenvalue weighted by atomic mass is 79.9. The molecule has 2 unspecified atom stereocenters. The predicted molar refractivity (Wildman–Crippen MR) is 61.4 cm³/mol. The smallest absolute Gasteiger partial charge is 0.248 e. The molecule has 1 fully saturated rings. The van der Waals surface area contributed by atoms with Crippen LogP contribution in [0.1, 0.15) is 17.5 Å². The number of aliphatic hydroxyl groups is 1. The number of benzene rings is 1. The van der Waals surface area contributed by atoms with Crippen LogP contribution < -0.4 is 10.6 Å². The summed E-state index contributed by atoms with van der Waals surface area (Å²) in [7, 11) is 0. The zero-order valence-corrected chi connectivity index (χ0v) is 10.0. The molecule has 1 spiro atoms. The summed E-state index contributed by atoms with van der Waals surface area (Å²) in [4.78, 5) is 11.9. The first-order valence-corrected chi connectivity index (χ1v) is 5.97. The lowest BCUT2D eigenvalue weighted by molar-refractivity contribution is -0.124. The van der Waals surface area contributed by atoms with E-state index in [1.54, 1.807) is 0 Å². The second-order valence-electron chi connectivity index (χ2n) is 4.23. The van der Waals surface area contributed by atoms with Gasteiger partial charge in [-0.1, -0.05) is 22.0 Å². The molecular formula is C11H11BrN2O2. The van der Waals surface area contributed by atoms with Gasteiger partial charge < -0.3 is 10.4 Å². The van der Waals surface area contributed by atoms with Gasteiger partial charge in [-0.2, -0.15) is 0 Å². The standard InChI is InChI=1S/C11H11BrN2O2/c12-7-1-2-8-6(5-7)3-4-11(8)9(15)13-10(16)14-11/h1-2,5,10,14,16H,3-4H2,(H,13,15). The molecule has 1 amide bonds. The van der Waals surface area contributed by atoms with Crippen LogP contribution >= 0.6 is 15.9 Å². The van der Waals surface area contributed by atoms with Gasteiger partial charge in [0.15, 0.2) is 6.35 Å². The van der Waals surface area contributed by atoms with Crippen LogP contribution in [0.5, 0.6) is 0 Å². The molecule has 0 saturated carbocycles. The number of hydrogen-bond acceptors (Lipinski definition) is 3. The zero-order chi connectivity index (χ0) is 11.3. The summed E-state index contributed by atoms with van der Waals surface area (Å²) < 4.78 is 1.02. The Morgan fingerprint density at radius 3 is 3.00 bits per heavy atom. The summed E-state index contributed by atoms with van der Waals surface area (Å²) in [6.07, 6.45) is 0.603. The molecule has 1 aliphatic carbocycles. The highest BCUT2D eigenvalue weighted by molar-refractivity contribution is 9.10. The second-order valence-corrected chi connectivity index (χ2v) is 5.14. The maximum atomic E-state index is 11.9. The Bertz CT molecular complexity index is 477. The first-order chi connectivity index (χ1) is 7.62. The monoisotopic (exact) mass is 282 g/mol. The van der Waals surface area contributed by atoms with Crippen molar-refractivity contribution in [2.24, 2.45) is 0 Å². The fraction of sp³-hybridized carbons (Fsp3) is 0.364. The maximum Gasteiger partial charge on any atom is 0.248 e. The van der Waals surface area contributed by atoms with Crippen molar-refractivity contribution in [1.29, 1.82) is 0 Å². The number of amides is 1. The number of carbonyl (C=O) groups excluding carboxylic acids is 1. The first kappa shape index (κ1) is 10.3. The van der Waals surface area contributed by atoms with E-state index in [0.29, 0.717) is 6.42 Å². The molecule has 16 heavy (non-hydrogen) atoms. The van der Waals surface area contributed by atoms with Gasteiger partial charge in [-0.05, 0) is 36.1 Å². The molecule has 0 bridgehead atoms. The summed E-state index contributed by atoms with van der Waals surface area (Å²) in [5.74, 6) is -0.138. The van der Waals surface area contributed by atoms with E-state index in [0.717, 1.165) is 22.0 Å². The summed E-state index contributed by atoms with van der Waals surface area (Å²) >= 11 is 3.42. The average molecular weight is 283 g/mol. The molecule has 2 aliphatic rings. The third-order valence-electron chi connectivity index (χ3n) is 3.33. The van der Waals surface area contributed by atoms with E-state index >= 15 is 0 Å². The largest absolute Gasteiger partial charge is 0.361 e. The van der Waals surface area contributed by atoms with Gasteiger partial charge in [-0.15, -0.1) is 0 Å². The van der Waals surface area contributed by atoms with E-state index in [-0.39, 0.29) is 5.91 Å². The van der Waals surface area contributed by atoms with Gasteiger partial charge in [-0.25, -0.2) is 0 Å². The molecule has 0 aromatic heterocycles. The van der Waals surface area contributed by atoms with Crippen LogP contribution in [0.15, 0.2) is 22.7 Å². The van der Waals surface area contributed by atoms with Crippen LogP contribution in [0.3, 0.4) is 0 Å². The minimum absolute atomic E-state index is 0.138. The van der Waals surface area contributed by atoms with Crippen molar-refractivity contribution in [1.82, 2.24) is 10.6 Å². The van der Waals surface area contributed by atoms with E-state index in [1.807, 2.05) is 18.2 Å². The SMILES string of the molecule is O=C1NC(O)NC12CCc1cc(Br)ccc12. The Labute approximate surface area is 101 Å². The van der Waals surface area contributed by atoms with Gasteiger partial charge >= 0.3 is 0 Å². The molecule has 1 heterocycles. The Balaban J connectivity index is 2.12. The van der Waals surface area contributed by atoms with Crippen LogP contribution in [-0.2, 0) is 16.8 Å². The van der Waals surface area contributed by atoms with Gasteiger partial charge in [-0.3, -0.25) is 10.1 Å². The first-order valence-electron chi connectivity index (χ1n) is 5.17. The Morgan fingerprint density at radius 1 is 1.50 bits per heavy atom. The lowest BCUT2D eigenvalue weighted by Gasteiger charge is -2.21. The normalized spacial score (nSPS) is 31.9. The third kappa shape index (κ3) is 1.25. The Hall–Kier alpha value is -0.910. The van der Waals surface area contributed by atoms with Gasteiger partial charge in [0.25, 0.3) is 0 Å². The summed E-state index contributed by atoms with van der Waals surface area (Å²) in [6.45, 7) is 0. The number of nitrogens with one attached hydrogen (secondary N) is 2. The van der Waals surface area contributed by atoms with Crippen LogP contribution in [0.25, 0.3) is 0 Å². The summed E-state index contributed by atoms with van der Waals surface area (Å²) in [5.41, 5.74) is 1.41. The van der Waals surface area contributed by atoms with Gasteiger partial charge in [0.2, 0.25) is 5.91 Å². The topological polar surface area (TPSA) is 61.4 Å². The number of hydrogen-bond donors (Lipinski definition) is 3. The number of fused-ring (bicyclic) bond motifs is 2. The fourth-order valence-corrected chi connectivity index (χ4v) is 3.02. The number of aliphatic hydroxyl groups excluding tert-OH is 1. The molecule has 4 nitrogen and oxygen atoms in total. The second kappa shape index (κ2) is 3.29. The van der Waals surface area contributed by atoms with Crippen molar-refractivity contribution in [3.63, 3.8) is 0 Å². The van der Waals surface area contributed by atoms with Crippen LogP contribution in [0, 0.1) is 0 Å². The molecule has 1 saturated heterocycles. The molecule has 84 valence electrons. The van der Waals surface area contributed by atoms with E-state index in [2.05, 4.69) is 26.6 Å². The molecule has 3 rings (SSSR count). The molecule has 3 N–H and O–H groups in total. The summed E-state index contributed by atoms with van der Waals surface area (Å²) in [5, 5.41) is 14.9. The van der Waals surface area contributed by atoms with Crippen LogP contribution in [-0.4, -0.2) is 17.4 Å². The zero-order valence-electron chi connectivity index (χ0n) is 8.46. The van der Waals surface area contributed by atoms with E-state index in [9.17, 15) is 9.90 Å². The molecule has 1 aliphatic heterocycles. The van der Waals surface area contributed by atoms with Gasteiger partial charge in [0.05, 0.1) is 0 Å². The van der Waals surface area contributed by atoms with E-state index < -0.39 is 11.9 Å². The van der Waals surface area contributed by atoms with Crippen molar-refractivity contribution in [3.05, 3.63) is 33.8 Å². The maximum absolute atomic E-state index is 11.9. The fourth-order valence-electron chi connectivity index (χ4n) is 2.61. The molecule has 2 atom stereocenters. The summed E-state index contributed by atoms with van der Waals surface area (Å²) in [6, 6.07) is 5.90. The van der Waals surface area contributed by atoms with Crippen molar-refractivity contribution in [3.8, 4) is 0 Å². The minimum Gasteiger partial charge on any atom is -0.361 e. The molecule has 5 heteroatoms. The number of halogens is 1. The number of aryl methyl sites for hydroxylation is 1. The molecule has 1 aromatic carbocycles. The molecule has 1 aromatic rings. The van der Waals surface area contributed by atoms with Gasteiger partial charge in [0.1, 0.15) is 5.54 Å². The molecular weight excluding hydrogens is 272 g/mol. The third-order valence-corrected chi connectivity index (χ3v) is 3.83. The highest BCUT2D eigenvalue weighted by Crippen LogP contribution is 2.40. The number of rotatable bonds is 0. The van der Waals surface area contributed by atoms with Crippen molar-refractivity contribution in [2.45, 2.75) is 24.7 Å². The highest BCUT2D eigenvalue weighted by Gasteiger charge is 2.50. The minimum atomic E-state index is -0.943. The lowest BCUT2D eigenvalue weighted by Crippen LogP contribution is -2.42. The quantitative estimate of drug-likeness (QED) is 0.653. The van der Waals surface area contributed by atoms with E-state index in [1.165, 1.54) is 0 Å². The predicted octanol–water partition coefficient (Wildman–Crippen LogP) is 0.586. The average Bonchev–Trinajstić information content (AvgIpc) is 2.70. The van der Waals surface area contributed by atoms with Gasteiger partial charge in [0, 0.05) is 4.47 Å². The van der Waals surface area contributed by atoms with E-state index in [4.69, 9.17) is 0 Å². The van der Waals surface area contributed by atoms with Crippen LogP contribution in [0.2, 0.25) is 0 Å². The lowest BCUT2D eigenvalue weighted by atomic mass is 9.92. The Kier molecular flexibility index (Phi) is 2.11. The van der Waals surface area contributed by atoms with Crippen molar-refractivity contribution in [2.75, 3.05) is 0 Å². The van der Waals surface area contributed by atoms with Crippen LogP contribution in [0.4, 0.5) is 0 Å². The van der Waals surface area contributed by atoms with Crippen molar-refractivity contribution >= 4 is 21.8 Å². The number of carbonyl (C=O) groups is 1.